The molecule has 1 aliphatic rings. The number of piperidine rings is 1. The van der Waals surface area contributed by atoms with Crippen LogP contribution in [0.4, 0.5) is 0 Å². The van der Waals surface area contributed by atoms with Crippen molar-refractivity contribution in [2.45, 2.75) is 18.9 Å². The molecule has 0 radical (unpaired) electrons. The van der Waals surface area contributed by atoms with Crippen molar-refractivity contribution in [2.75, 3.05) is 40.3 Å². The van der Waals surface area contributed by atoms with Gasteiger partial charge < -0.3 is 10.2 Å². The summed E-state index contributed by atoms with van der Waals surface area (Å²) in [6.45, 7) is 4.74. The van der Waals surface area contributed by atoms with Crippen molar-refractivity contribution in [1.82, 2.24) is 13.3 Å². The minimum Gasteiger partial charge on any atom is -0.313 e. The van der Waals surface area contributed by atoms with Gasteiger partial charge in [0.15, 0.2) is 0 Å². The Morgan fingerprint density at radius 1 is 1.38 bits per heavy atom. The molecule has 13 heavy (non-hydrogen) atoms. The largest absolute Gasteiger partial charge is 0.313 e. The summed E-state index contributed by atoms with van der Waals surface area (Å²) in [5.74, 6) is 0. The molecule has 0 aromatic rings. The molecule has 0 spiro atoms. The number of hydrogen-bond acceptors (Lipinski definition) is 3. The highest BCUT2D eigenvalue weighted by atomic mass is 127. The second kappa shape index (κ2) is 6.16. The van der Waals surface area contributed by atoms with Crippen molar-refractivity contribution >= 4 is 22.9 Å². The summed E-state index contributed by atoms with van der Waals surface area (Å²) in [5, 5.41) is 3.60. The normalized spacial score (nSPS) is 21.2. The summed E-state index contributed by atoms with van der Waals surface area (Å²) in [4.78, 5) is 2.22. The van der Waals surface area contributed by atoms with Crippen molar-refractivity contribution in [2.24, 2.45) is 0 Å². The SMILES string of the molecule is CN(C)CCNC1CCN(I)CC1. The summed E-state index contributed by atoms with van der Waals surface area (Å²) < 4.78 is 2.38. The van der Waals surface area contributed by atoms with Crippen LogP contribution in [0.5, 0.6) is 0 Å². The Bertz CT molecular complexity index is 133. The third kappa shape index (κ3) is 5.15. The Morgan fingerprint density at radius 3 is 2.54 bits per heavy atom. The number of hydrogen-bond donors (Lipinski definition) is 1. The van der Waals surface area contributed by atoms with Crippen LogP contribution in [0.2, 0.25) is 0 Å². The van der Waals surface area contributed by atoms with Crippen molar-refractivity contribution in [3.05, 3.63) is 0 Å². The van der Waals surface area contributed by atoms with Crippen LogP contribution >= 0.6 is 22.9 Å². The lowest BCUT2D eigenvalue weighted by atomic mass is 10.1. The lowest BCUT2D eigenvalue weighted by Crippen LogP contribution is -2.41. The molecule has 1 fully saturated rings. The molecule has 4 heteroatoms. The molecule has 0 aliphatic carbocycles. The molecule has 1 heterocycles. The highest BCUT2D eigenvalue weighted by molar-refractivity contribution is 14.1. The zero-order valence-electron chi connectivity index (χ0n) is 8.59. The first-order chi connectivity index (χ1) is 6.18. The first-order valence-corrected chi connectivity index (χ1v) is 5.94. The second-order valence-electron chi connectivity index (χ2n) is 3.94. The number of nitrogens with one attached hydrogen (secondary N) is 1. The van der Waals surface area contributed by atoms with E-state index in [2.05, 4.69) is 50.3 Å². The van der Waals surface area contributed by atoms with Crippen molar-refractivity contribution < 1.29 is 0 Å². The molecule has 1 rings (SSSR count). The van der Waals surface area contributed by atoms with Gasteiger partial charge in [-0.25, -0.2) is 3.11 Å². The Labute approximate surface area is 95.3 Å². The summed E-state index contributed by atoms with van der Waals surface area (Å²) in [6.07, 6.45) is 2.60. The van der Waals surface area contributed by atoms with Crippen molar-refractivity contribution in [3.63, 3.8) is 0 Å². The molecule has 0 saturated carbocycles. The van der Waals surface area contributed by atoms with E-state index < -0.39 is 0 Å². The maximum Gasteiger partial charge on any atom is 0.0201 e. The summed E-state index contributed by atoms with van der Waals surface area (Å²) in [7, 11) is 4.24. The van der Waals surface area contributed by atoms with Gasteiger partial charge in [-0.1, -0.05) is 0 Å². The van der Waals surface area contributed by atoms with E-state index in [4.69, 9.17) is 0 Å². The molecular formula is C9H20IN3. The maximum absolute atomic E-state index is 3.60. The molecular weight excluding hydrogens is 277 g/mol. The lowest BCUT2D eigenvalue weighted by molar-refractivity contribution is 0.309. The van der Waals surface area contributed by atoms with Crippen LogP contribution in [0.25, 0.3) is 0 Å². The Kier molecular flexibility index (Phi) is 5.54. The van der Waals surface area contributed by atoms with Gasteiger partial charge in [0.05, 0.1) is 0 Å². The van der Waals surface area contributed by atoms with E-state index in [1.165, 1.54) is 25.9 Å². The minimum absolute atomic E-state index is 0.756. The van der Waals surface area contributed by atoms with Gasteiger partial charge in [0.1, 0.15) is 0 Å². The molecule has 0 amide bonds. The monoisotopic (exact) mass is 297 g/mol. The number of likely N-dealkylation sites (N-methyl/N-ethyl adjacent to an activating group) is 1. The molecule has 1 aliphatic heterocycles. The topological polar surface area (TPSA) is 18.5 Å². The van der Waals surface area contributed by atoms with E-state index >= 15 is 0 Å². The number of halogens is 1. The summed E-state index contributed by atoms with van der Waals surface area (Å²) in [6, 6.07) is 0.756. The van der Waals surface area contributed by atoms with E-state index in [-0.39, 0.29) is 0 Å². The van der Waals surface area contributed by atoms with E-state index in [9.17, 15) is 0 Å². The highest BCUT2D eigenvalue weighted by Crippen LogP contribution is 2.13. The van der Waals surface area contributed by atoms with E-state index in [1.807, 2.05) is 0 Å². The van der Waals surface area contributed by atoms with Crippen LogP contribution in [0.1, 0.15) is 12.8 Å². The first kappa shape index (κ1) is 11.7. The molecule has 0 unspecified atom stereocenters. The van der Waals surface area contributed by atoms with Crippen molar-refractivity contribution in [1.29, 1.82) is 0 Å². The molecule has 3 nitrogen and oxygen atoms in total. The zero-order valence-corrected chi connectivity index (χ0v) is 10.7. The van der Waals surface area contributed by atoms with Crippen molar-refractivity contribution in [3.8, 4) is 0 Å². The van der Waals surface area contributed by atoms with Crippen LogP contribution in [0, 0.1) is 0 Å². The molecule has 0 atom stereocenters. The molecule has 78 valence electrons. The lowest BCUT2D eigenvalue weighted by Gasteiger charge is -2.28. The fraction of sp³-hybridized carbons (Fsp3) is 1.00. The quantitative estimate of drug-likeness (QED) is 0.616. The predicted octanol–water partition coefficient (Wildman–Crippen LogP) is 0.952. The Morgan fingerprint density at radius 2 is 2.00 bits per heavy atom. The molecule has 1 N–H and O–H groups in total. The third-order valence-corrected chi connectivity index (χ3v) is 3.40. The van der Waals surface area contributed by atoms with E-state index in [0.29, 0.717) is 0 Å². The Hall–Kier alpha value is 0.610. The highest BCUT2D eigenvalue weighted by Gasteiger charge is 2.16. The molecule has 0 aromatic heterocycles. The number of nitrogens with zero attached hydrogens (tertiary/aromatic N) is 2. The smallest absolute Gasteiger partial charge is 0.0201 e. The second-order valence-corrected chi connectivity index (χ2v) is 5.31. The molecule has 1 saturated heterocycles. The fourth-order valence-electron chi connectivity index (χ4n) is 1.54. The standard InChI is InChI=1S/C9H20IN3/c1-12(2)8-5-11-9-3-6-13(10)7-4-9/h9,11H,3-8H2,1-2H3. The van der Waals surface area contributed by atoms with Gasteiger partial charge in [-0.2, -0.15) is 0 Å². The van der Waals surface area contributed by atoms with Gasteiger partial charge in [-0.15, -0.1) is 0 Å². The van der Waals surface area contributed by atoms with Gasteiger partial charge >= 0.3 is 0 Å². The van der Waals surface area contributed by atoms with Crippen LogP contribution in [-0.4, -0.2) is 54.3 Å². The summed E-state index contributed by atoms with van der Waals surface area (Å²) in [5.41, 5.74) is 0. The molecule has 0 bridgehead atoms. The van der Waals surface area contributed by atoms with Crippen LogP contribution in [0.15, 0.2) is 0 Å². The minimum atomic E-state index is 0.756. The van der Waals surface area contributed by atoms with Gasteiger partial charge in [0, 0.05) is 55.1 Å². The van der Waals surface area contributed by atoms with Crippen LogP contribution in [0.3, 0.4) is 0 Å². The fourth-order valence-corrected chi connectivity index (χ4v) is 2.10. The van der Waals surface area contributed by atoms with Crippen LogP contribution in [-0.2, 0) is 0 Å². The zero-order chi connectivity index (χ0) is 9.68. The maximum atomic E-state index is 3.60. The first-order valence-electron chi connectivity index (χ1n) is 4.97. The van der Waals surface area contributed by atoms with Gasteiger partial charge in [-0.3, -0.25) is 0 Å². The van der Waals surface area contributed by atoms with Crippen LogP contribution < -0.4 is 5.32 Å². The Balaban J connectivity index is 2.02. The number of rotatable bonds is 4. The third-order valence-electron chi connectivity index (χ3n) is 2.43. The summed E-state index contributed by atoms with van der Waals surface area (Å²) >= 11 is 2.41. The average Bonchev–Trinajstić information content (AvgIpc) is 2.08. The van der Waals surface area contributed by atoms with Gasteiger partial charge in [0.25, 0.3) is 0 Å². The van der Waals surface area contributed by atoms with E-state index in [1.54, 1.807) is 0 Å². The van der Waals surface area contributed by atoms with Gasteiger partial charge in [-0.05, 0) is 26.9 Å². The van der Waals surface area contributed by atoms with E-state index in [0.717, 1.165) is 19.1 Å². The predicted molar refractivity (Wildman–Crippen MR) is 65.2 cm³/mol. The molecule has 0 aromatic carbocycles. The average molecular weight is 297 g/mol. The van der Waals surface area contributed by atoms with Gasteiger partial charge in [0.2, 0.25) is 0 Å².